The molecule has 0 fully saturated rings. The number of anilines is 1. The van der Waals surface area contributed by atoms with E-state index in [0.717, 1.165) is 0 Å². The van der Waals surface area contributed by atoms with Gasteiger partial charge in [-0.15, -0.1) is 0 Å². The van der Waals surface area contributed by atoms with Crippen LogP contribution in [0.4, 0.5) is 5.82 Å². The zero-order chi connectivity index (χ0) is 13.8. The molecule has 8 heteroatoms. The highest BCUT2D eigenvalue weighted by atomic mass is 35.5. The normalized spacial score (nSPS) is 13.5. The number of methoxy groups -OCH3 is 1. The van der Waals surface area contributed by atoms with E-state index in [-0.39, 0.29) is 28.2 Å². The molecule has 0 bridgehead atoms. The van der Waals surface area contributed by atoms with Crippen LogP contribution in [0.15, 0.2) is 17.2 Å². The number of nitrogens with two attached hydrogens (primary N) is 1. The summed E-state index contributed by atoms with van der Waals surface area (Å²) in [5, 5.41) is 0.114. The van der Waals surface area contributed by atoms with Crippen molar-refractivity contribution in [2.24, 2.45) is 5.92 Å². The summed E-state index contributed by atoms with van der Waals surface area (Å²) < 4.78 is 31.2. The molecule has 1 heterocycles. The molecule has 18 heavy (non-hydrogen) atoms. The number of pyridine rings is 1. The quantitative estimate of drug-likeness (QED) is 0.812. The number of rotatable bonds is 6. The second kappa shape index (κ2) is 6.33. The van der Waals surface area contributed by atoms with Gasteiger partial charge < -0.3 is 10.5 Å². The molecular weight excluding hydrogens is 278 g/mol. The summed E-state index contributed by atoms with van der Waals surface area (Å²) in [5.41, 5.74) is 5.42. The average Bonchev–Trinajstić information content (AvgIpc) is 2.30. The third-order valence-corrected chi connectivity index (χ3v) is 3.92. The Balaban J connectivity index is 2.77. The molecular formula is C10H16ClN3O3S. The summed E-state index contributed by atoms with van der Waals surface area (Å²) >= 11 is 5.73. The van der Waals surface area contributed by atoms with Crippen LogP contribution in [-0.2, 0) is 14.8 Å². The molecule has 0 aliphatic rings. The second-order valence-electron chi connectivity index (χ2n) is 3.95. The number of hydrogen-bond acceptors (Lipinski definition) is 5. The first-order chi connectivity index (χ1) is 8.36. The van der Waals surface area contributed by atoms with E-state index in [4.69, 9.17) is 22.1 Å². The van der Waals surface area contributed by atoms with Crippen molar-refractivity contribution in [2.45, 2.75) is 11.8 Å². The van der Waals surface area contributed by atoms with E-state index in [1.807, 2.05) is 6.92 Å². The highest BCUT2D eigenvalue weighted by molar-refractivity contribution is 7.89. The van der Waals surface area contributed by atoms with Crippen molar-refractivity contribution in [3.63, 3.8) is 0 Å². The van der Waals surface area contributed by atoms with Gasteiger partial charge in [0.2, 0.25) is 10.0 Å². The molecule has 0 saturated heterocycles. The van der Waals surface area contributed by atoms with E-state index in [1.165, 1.54) is 12.3 Å². The predicted octanol–water partition coefficient (Wildman–Crippen LogP) is 0.878. The number of ether oxygens (including phenoxy) is 1. The molecule has 1 unspecified atom stereocenters. The molecule has 3 N–H and O–H groups in total. The molecule has 102 valence electrons. The Kier molecular flexibility index (Phi) is 5.33. The molecule has 1 aromatic heterocycles. The summed E-state index contributed by atoms with van der Waals surface area (Å²) in [6.07, 6.45) is 1.17. The SMILES string of the molecule is COCC(C)CNS(=O)(=O)c1cnc(N)c(Cl)c1. The maximum absolute atomic E-state index is 11.9. The van der Waals surface area contributed by atoms with E-state index in [9.17, 15) is 8.42 Å². The molecule has 1 rings (SSSR count). The van der Waals surface area contributed by atoms with Crippen LogP contribution in [0.25, 0.3) is 0 Å². The Bertz CT molecular complexity index is 507. The van der Waals surface area contributed by atoms with Crippen molar-refractivity contribution in [3.05, 3.63) is 17.3 Å². The van der Waals surface area contributed by atoms with Crippen molar-refractivity contribution in [2.75, 3.05) is 26.0 Å². The standard InChI is InChI=1S/C10H16ClN3O3S/c1-7(6-17-2)4-14-18(15,16)8-3-9(11)10(12)13-5-8/h3,5,7,14H,4,6H2,1-2H3,(H2,12,13). The van der Waals surface area contributed by atoms with Gasteiger partial charge in [-0.25, -0.2) is 18.1 Å². The summed E-state index contributed by atoms with van der Waals surface area (Å²) in [4.78, 5) is 3.70. The Labute approximate surface area is 112 Å². The van der Waals surface area contributed by atoms with Gasteiger partial charge in [0, 0.05) is 26.5 Å². The Morgan fingerprint density at radius 3 is 2.83 bits per heavy atom. The van der Waals surface area contributed by atoms with Crippen LogP contribution in [0.3, 0.4) is 0 Å². The lowest BCUT2D eigenvalue weighted by Crippen LogP contribution is -2.30. The number of nitrogens with one attached hydrogen (secondary N) is 1. The lowest BCUT2D eigenvalue weighted by molar-refractivity contribution is 0.161. The molecule has 0 aliphatic carbocycles. The minimum atomic E-state index is -3.62. The minimum absolute atomic E-state index is 0.00804. The molecule has 6 nitrogen and oxygen atoms in total. The van der Waals surface area contributed by atoms with Gasteiger partial charge in [-0.3, -0.25) is 0 Å². The highest BCUT2D eigenvalue weighted by Gasteiger charge is 2.16. The molecule has 0 aromatic carbocycles. The van der Waals surface area contributed by atoms with Gasteiger partial charge in [0.15, 0.2) is 0 Å². The molecule has 0 aliphatic heterocycles. The van der Waals surface area contributed by atoms with E-state index >= 15 is 0 Å². The van der Waals surface area contributed by atoms with Crippen LogP contribution in [-0.4, -0.2) is 33.7 Å². The third-order valence-electron chi connectivity index (χ3n) is 2.23. The van der Waals surface area contributed by atoms with E-state index in [0.29, 0.717) is 6.61 Å². The Morgan fingerprint density at radius 2 is 2.28 bits per heavy atom. The fraction of sp³-hybridized carbons (Fsp3) is 0.500. The summed E-state index contributed by atoms with van der Waals surface area (Å²) in [6, 6.07) is 1.27. The average molecular weight is 294 g/mol. The lowest BCUT2D eigenvalue weighted by atomic mass is 10.2. The second-order valence-corrected chi connectivity index (χ2v) is 6.12. The van der Waals surface area contributed by atoms with E-state index in [1.54, 1.807) is 7.11 Å². The van der Waals surface area contributed by atoms with Crippen LogP contribution < -0.4 is 10.5 Å². The molecule has 0 spiro atoms. The molecule has 0 radical (unpaired) electrons. The fourth-order valence-corrected chi connectivity index (χ4v) is 2.62. The van der Waals surface area contributed by atoms with Gasteiger partial charge in [0.25, 0.3) is 0 Å². The third kappa shape index (κ3) is 4.09. The number of nitrogens with zero attached hydrogens (tertiary/aromatic N) is 1. The lowest BCUT2D eigenvalue weighted by Gasteiger charge is -2.12. The van der Waals surface area contributed by atoms with Crippen LogP contribution in [0, 0.1) is 5.92 Å². The smallest absolute Gasteiger partial charge is 0.242 e. The summed E-state index contributed by atoms with van der Waals surface area (Å²) in [5.74, 6) is 0.172. The first-order valence-electron chi connectivity index (χ1n) is 5.26. The number of halogens is 1. The largest absolute Gasteiger partial charge is 0.384 e. The fourth-order valence-electron chi connectivity index (χ4n) is 1.26. The molecule has 0 saturated carbocycles. The monoisotopic (exact) mass is 293 g/mol. The number of aromatic nitrogens is 1. The Hall–Kier alpha value is -0.890. The maximum atomic E-state index is 11.9. The number of sulfonamides is 1. The van der Waals surface area contributed by atoms with Gasteiger partial charge in [-0.05, 0) is 12.0 Å². The van der Waals surface area contributed by atoms with E-state index in [2.05, 4.69) is 9.71 Å². The van der Waals surface area contributed by atoms with Crippen molar-refractivity contribution in [1.29, 1.82) is 0 Å². The van der Waals surface area contributed by atoms with E-state index < -0.39 is 10.0 Å². The van der Waals surface area contributed by atoms with Gasteiger partial charge >= 0.3 is 0 Å². The van der Waals surface area contributed by atoms with Gasteiger partial charge in [-0.1, -0.05) is 18.5 Å². The van der Waals surface area contributed by atoms with Crippen molar-refractivity contribution in [1.82, 2.24) is 9.71 Å². The first kappa shape index (κ1) is 15.2. The van der Waals surface area contributed by atoms with Crippen molar-refractivity contribution < 1.29 is 13.2 Å². The first-order valence-corrected chi connectivity index (χ1v) is 7.12. The van der Waals surface area contributed by atoms with Crippen LogP contribution in [0.2, 0.25) is 5.02 Å². The van der Waals surface area contributed by atoms with Crippen molar-refractivity contribution in [3.8, 4) is 0 Å². The highest BCUT2D eigenvalue weighted by Crippen LogP contribution is 2.19. The minimum Gasteiger partial charge on any atom is -0.384 e. The van der Waals surface area contributed by atoms with Crippen LogP contribution >= 0.6 is 11.6 Å². The van der Waals surface area contributed by atoms with Crippen LogP contribution in [0.1, 0.15) is 6.92 Å². The number of hydrogen-bond donors (Lipinski definition) is 2. The zero-order valence-electron chi connectivity index (χ0n) is 10.2. The Morgan fingerprint density at radius 1 is 1.61 bits per heavy atom. The molecule has 0 amide bonds. The zero-order valence-corrected chi connectivity index (χ0v) is 11.8. The summed E-state index contributed by atoms with van der Waals surface area (Å²) in [6.45, 7) is 2.63. The topological polar surface area (TPSA) is 94.3 Å². The molecule has 1 atom stereocenters. The maximum Gasteiger partial charge on any atom is 0.242 e. The van der Waals surface area contributed by atoms with Crippen LogP contribution in [0.5, 0.6) is 0 Å². The summed E-state index contributed by atoms with van der Waals surface area (Å²) in [7, 11) is -2.06. The predicted molar refractivity (Wildman–Crippen MR) is 69.9 cm³/mol. The van der Waals surface area contributed by atoms with Gasteiger partial charge in [-0.2, -0.15) is 0 Å². The molecule has 1 aromatic rings. The van der Waals surface area contributed by atoms with Crippen molar-refractivity contribution >= 4 is 27.4 Å². The number of nitrogen functional groups attached to an aromatic ring is 1. The van der Waals surface area contributed by atoms with Gasteiger partial charge in [0.05, 0.1) is 5.02 Å². The van der Waals surface area contributed by atoms with Gasteiger partial charge in [0.1, 0.15) is 10.7 Å².